The van der Waals surface area contributed by atoms with Crippen LogP contribution in [-0.4, -0.2) is 36.6 Å². The predicted molar refractivity (Wildman–Crippen MR) is 67.2 cm³/mol. The molecule has 0 aliphatic carbocycles. The van der Waals surface area contributed by atoms with Crippen molar-refractivity contribution >= 4 is 0 Å². The highest BCUT2D eigenvalue weighted by Crippen LogP contribution is 2.17. The normalized spacial score (nSPS) is 25.0. The summed E-state index contributed by atoms with van der Waals surface area (Å²) < 4.78 is 0. The summed E-state index contributed by atoms with van der Waals surface area (Å²) in [6.45, 7) is 12.9. The number of hydrogen-bond donors (Lipinski definition) is 1. The minimum atomic E-state index is 0.747. The first-order valence-corrected chi connectivity index (χ1v) is 6.61. The van der Waals surface area contributed by atoms with E-state index in [0.29, 0.717) is 0 Å². The molecule has 1 fully saturated rings. The third-order valence-electron chi connectivity index (χ3n) is 3.50. The molecular weight excluding hydrogens is 184 g/mol. The van der Waals surface area contributed by atoms with Gasteiger partial charge in [0.05, 0.1) is 0 Å². The van der Waals surface area contributed by atoms with Gasteiger partial charge in [0.25, 0.3) is 0 Å². The van der Waals surface area contributed by atoms with Crippen LogP contribution in [0.2, 0.25) is 0 Å². The Morgan fingerprint density at radius 3 is 2.60 bits per heavy atom. The Hall–Kier alpha value is -0.0800. The molecule has 0 aromatic carbocycles. The molecule has 2 nitrogen and oxygen atoms in total. The van der Waals surface area contributed by atoms with E-state index in [1.54, 1.807) is 0 Å². The van der Waals surface area contributed by atoms with Gasteiger partial charge in [0, 0.05) is 25.2 Å². The molecule has 1 aliphatic heterocycles. The van der Waals surface area contributed by atoms with E-state index in [0.717, 1.165) is 24.5 Å². The van der Waals surface area contributed by atoms with Crippen LogP contribution in [0.25, 0.3) is 0 Å². The third kappa shape index (κ3) is 4.52. The van der Waals surface area contributed by atoms with Crippen LogP contribution in [0.5, 0.6) is 0 Å². The molecule has 0 radical (unpaired) electrons. The molecule has 2 unspecified atom stereocenters. The molecule has 2 atom stereocenters. The SMILES string of the molecule is CCNC1CCN(C(C)CCC(C)C)C1. The van der Waals surface area contributed by atoms with E-state index < -0.39 is 0 Å². The van der Waals surface area contributed by atoms with Gasteiger partial charge in [0.2, 0.25) is 0 Å². The molecule has 1 heterocycles. The number of nitrogens with zero attached hydrogens (tertiary/aromatic N) is 1. The maximum absolute atomic E-state index is 3.55. The first-order valence-electron chi connectivity index (χ1n) is 6.61. The van der Waals surface area contributed by atoms with Crippen LogP contribution < -0.4 is 5.32 Å². The average Bonchev–Trinajstić information content (AvgIpc) is 2.63. The van der Waals surface area contributed by atoms with E-state index in [4.69, 9.17) is 0 Å². The van der Waals surface area contributed by atoms with Crippen molar-refractivity contribution in [1.29, 1.82) is 0 Å². The van der Waals surface area contributed by atoms with E-state index in [2.05, 4.69) is 37.9 Å². The van der Waals surface area contributed by atoms with Gasteiger partial charge in [-0.1, -0.05) is 20.8 Å². The van der Waals surface area contributed by atoms with Crippen molar-refractivity contribution in [2.24, 2.45) is 5.92 Å². The quantitative estimate of drug-likeness (QED) is 0.728. The van der Waals surface area contributed by atoms with Crippen molar-refractivity contribution in [2.45, 2.75) is 59.0 Å². The van der Waals surface area contributed by atoms with Crippen molar-refractivity contribution in [3.05, 3.63) is 0 Å². The molecule has 15 heavy (non-hydrogen) atoms. The number of likely N-dealkylation sites (N-methyl/N-ethyl adjacent to an activating group) is 1. The second-order valence-electron chi connectivity index (χ2n) is 5.36. The molecule has 0 aromatic heterocycles. The zero-order chi connectivity index (χ0) is 11.3. The lowest BCUT2D eigenvalue weighted by Gasteiger charge is -2.25. The highest BCUT2D eigenvalue weighted by molar-refractivity contribution is 4.83. The van der Waals surface area contributed by atoms with E-state index in [1.165, 1.54) is 32.4 Å². The Morgan fingerprint density at radius 2 is 2.00 bits per heavy atom. The molecule has 0 bridgehead atoms. The second-order valence-corrected chi connectivity index (χ2v) is 5.36. The van der Waals surface area contributed by atoms with Crippen molar-refractivity contribution < 1.29 is 0 Å². The summed E-state index contributed by atoms with van der Waals surface area (Å²) >= 11 is 0. The number of hydrogen-bond acceptors (Lipinski definition) is 2. The summed E-state index contributed by atoms with van der Waals surface area (Å²) in [6.07, 6.45) is 4.06. The Morgan fingerprint density at radius 1 is 1.27 bits per heavy atom. The summed E-state index contributed by atoms with van der Waals surface area (Å²) in [4.78, 5) is 2.65. The summed E-state index contributed by atoms with van der Waals surface area (Å²) in [6, 6.07) is 1.52. The molecule has 2 heteroatoms. The molecule has 0 spiro atoms. The van der Waals surface area contributed by atoms with Crippen LogP contribution >= 0.6 is 0 Å². The summed E-state index contributed by atoms with van der Waals surface area (Å²) in [5, 5.41) is 3.55. The van der Waals surface area contributed by atoms with E-state index in [-0.39, 0.29) is 0 Å². The van der Waals surface area contributed by atoms with Gasteiger partial charge in [-0.25, -0.2) is 0 Å². The standard InChI is InChI=1S/C13H28N2/c1-5-14-13-8-9-15(10-13)12(4)7-6-11(2)3/h11-14H,5-10H2,1-4H3. The molecule has 0 amide bonds. The summed E-state index contributed by atoms with van der Waals surface area (Å²) in [7, 11) is 0. The minimum Gasteiger partial charge on any atom is -0.313 e. The third-order valence-corrected chi connectivity index (χ3v) is 3.50. The Balaban J connectivity index is 2.20. The topological polar surface area (TPSA) is 15.3 Å². The van der Waals surface area contributed by atoms with Gasteiger partial charge in [-0.15, -0.1) is 0 Å². The molecular formula is C13H28N2. The molecule has 0 saturated carbocycles. The first-order chi connectivity index (χ1) is 7.13. The van der Waals surface area contributed by atoms with Gasteiger partial charge >= 0.3 is 0 Å². The van der Waals surface area contributed by atoms with Crippen LogP contribution in [0.4, 0.5) is 0 Å². The van der Waals surface area contributed by atoms with Crippen LogP contribution in [0.1, 0.15) is 47.0 Å². The highest BCUT2D eigenvalue weighted by Gasteiger charge is 2.24. The van der Waals surface area contributed by atoms with E-state index in [1.807, 2.05) is 0 Å². The average molecular weight is 212 g/mol. The lowest BCUT2D eigenvalue weighted by Crippen LogP contribution is -2.36. The smallest absolute Gasteiger partial charge is 0.0207 e. The van der Waals surface area contributed by atoms with Crippen molar-refractivity contribution in [3.8, 4) is 0 Å². The van der Waals surface area contributed by atoms with Crippen LogP contribution in [0.3, 0.4) is 0 Å². The molecule has 1 aliphatic rings. The van der Waals surface area contributed by atoms with Gasteiger partial charge in [0.15, 0.2) is 0 Å². The lowest BCUT2D eigenvalue weighted by molar-refractivity contribution is 0.231. The van der Waals surface area contributed by atoms with E-state index >= 15 is 0 Å². The van der Waals surface area contributed by atoms with Gasteiger partial charge in [-0.3, -0.25) is 4.90 Å². The lowest BCUT2D eigenvalue weighted by atomic mass is 10.0. The fourth-order valence-corrected chi connectivity index (χ4v) is 2.40. The van der Waals surface area contributed by atoms with Gasteiger partial charge in [-0.05, 0) is 38.6 Å². The van der Waals surface area contributed by atoms with Crippen LogP contribution in [0.15, 0.2) is 0 Å². The molecule has 1 saturated heterocycles. The zero-order valence-corrected chi connectivity index (χ0v) is 10.9. The zero-order valence-electron chi connectivity index (χ0n) is 10.9. The molecule has 90 valence electrons. The maximum Gasteiger partial charge on any atom is 0.0207 e. The minimum absolute atomic E-state index is 0.747. The predicted octanol–water partition coefficient (Wildman–Crippen LogP) is 2.49. The monoisotopic (exact) mass is 212 g/mol. The fraction of sp³-hybridized carbons (Fsp3) is 1.00. The molecule has 0 aromatic rings. The fourth-order valence-electron chi connectivity index (χ4n) is 2.40. The highest BCUT2D eigenvalue weighted by atomic mass is 15.2. The van der Waals surface area contributed by atoms with Crippen LogP contribution in [-0.2, 0) is 0 Å². The van der Waals surface area contributed by atoms with Gasteiger partial charge in [0.1, 0.15) is 0 Å². The Labute approximate surface area is 95.4 Å². The summed E-state index contributed by atoms with van der Waals surface area (Å²) in [5.41, 5.74) is 0. The Kier molecular flexibility index (Phi) is 5.62. The van der Waals surface area contributed by atoms with Crippen molar-refractivity contribution in [1.82, 2.24) is 10.2 Å². The molecule has 1 rings (SSSR count). The maximum atomic E-state index is 3.55. The first kappa shape index (κ1) is 13.0. The number of nitrogens with one attached hydrogen (secondary N) is 1. The Bertz CT molecular complexity index is 168. The largest absolute Gasteiger partial charge is 0.313 e. The second kappa shape index (κ2) is 6.49. The summed E-state index contributed by atoms with van der Waals surface area (Å²) in [5.74, 6) is 0.847. The van der Waals surface area contributed by atoms with Crippen molar-refractivity contribution in [3.63, 3.8) is 0 Å². The number of likely N-dealkylation sites (tertiary alicyclic amines) is 1. The van der Waals surface area contributed by atoms with Gasteiger partial charge in [-0.2, -0.15) is 0 Å². The van der Waals surface area contributed by atoms with Crippen LogP contribution in [0, 0.1) is 5.92 Å². The number of rotatable bonds is 6. The molecule has 1 N–H and O–H groups in total. The van der Waals surface area contributed by atoms with Crippen molar-refractivity contribution in [2.75, 3.05) is 19.6 Å². The van der Waals surface area contributed by atoms with E-state index in [9.17, 15) is 0 Å². The van der Waals surface area contributed by atoms with Gasteiger partial charge < -0.3 is 5.32 Å².